The number of halogens is 1. The summed E-state index contributed by atoms with van der Waals surface area (Å²) in [4.78, 5) is 7.67. The standard InChI is InChI=1S/C6H3FN2S/c7-4-1-5-6(8-2-4)9-3-10-5/h1-3H. The van der Waals surface area contributed by atoms with Crippen LogP contribution in [0.1, 0.15) is 0 Å². The van der Waals surface area contributed by atoms with Crippen molar-refractivity contribution in [2.24, 2.45) is 0 Å². The van der Waals surface area contributed by atoms with Crippen molar-refractivity contribution in [2.45, 2.75) is 0 Å². The van der Waals surface area contributed by atoms with E-state index in [1.54, 1.807) is 5.51 Å². The summed E-state index contributed by atoms with van der Waals surface area (Å²) in [6, 6.07) is 1.43. The summed E-state index contributed by atoms with van der Waals surface area (Å²) < 4.78 is 13.2. The van der Waals surface area contributed by atoms with Gasteiger partial charge in [-0.1, -0.05) is 0 Å². The SMILES string of the molecule is Fc1cnc2ncsc2c1. The first kappa shape index (κ1) is 5.73. The van der Waals surface area contributed by atoms with Crippen LogP contribution >= 0.6 is 11.3 Å². The van der Waals surface area contributed by atoms with Crippen LogP contribution in [0, 0.1) is 5.82 Å². The quantitative estimate of drug-likeness (QED) is 0.578. The Morgan fingerprint density at radius 2 is 2.30 bits per heavy atom. The molecule has 0 saturated carbocycles. The predicted molar refractivity (Wildman–Crippen MR) is 37.4 cm³/mol. The van der Waals surface area contributed by atoms with E-state index in [2.05, 4.69) is 9.97 Å². The fourth-order valence-electron chi connectivity index (χ4n) is 0.730. The Bertz CT molecular complexity index is 357. The van der Waals surface area contributed by atoms with Crippen molar-refractivity contribution in [1.29, 1.82) is 0 Å². The second-order valence-electron chi connectivity index (χ2n) is 1.83. The Balaban J connectivity index is 2.86. The minimum absolute atomic E-state index is 0.309. The molecule has 0 amide bonds. The molecule has 0 radical (unpaired) electrons. The van der Waals surface area contributed by atoms with E-state index < -0.39 is 0 Å². The lowest BCUT2D eigenvalue weighted by atomic mass is 10.5. The molecule has 0 atom stereocenters. The first-order valence-electron chi connectivity index (χ1n) is 2.71. The molecule has 0 aromatic carbocycles. The maximum Gasteiger partial charge on any atom is 0.170 e. The summed E-state index contributed by atoms with van der Waals surface area (Å²) in [7, 11) is 0. The van der Waals surface area contributed by atoms with Gasteiger partial charge in [-0.15, -0.1) is 11.3 Å². The van der Waals surface area contributed by atoms with Gasteiger partial charge in [0.05, 0.1) is 16.4 Å². The molecule has 50 valence electrons. The summed E-state index contributed by atoms with van der Waals surface area (Å²) in [5, 5.41) is 0. The van der Waals surface area contributed by atoms with E-state index in [4.69, 9.17) is 0 Å². The van der Waals surface area contributed by atoms with Crippen molar-refractivity contribution in [3.63, 3.8) is 0 Å². The lowest BCUT2D eigenvalue weighted by Gasteiger charge is -1.84. The van der Waals surface area contributed by atoms with Crippen LogP contribution in [0.4, 0.5) is 4.39 Å². The maximum atomic E-state index is 12.4. The number of hydrogen-bond donors (Lipinski definition) is 0. The van der Waals surface area contributed by atoms with Crippen molar-refractivity contribution in [3.05, 3.63) is 23.6 Å². The summed E-state index contributed by atoms with van der Waals surface area (Å²) in [6.07, 6.45) is 1.17. The average Bonchev–Trinajstić information content (AvgIpc) is 2.33. The fraction of sp³-hybridized carbons (Fsp3) is 0. The second kappa shape index (κ2) is 1.98. The number of rotatable bonds is 0. The van der Waals surface area contributed by atoms with Crippen molar-refractivity contribution in [3.8, 4) is 0 Å². The highest BCUT2D eigenvalue weighted by Gasteiger charge is 1.97. The van der Waals surface area contributed by atoms with Gasteiger partial charge in [0, 0.05) is 0 Å². The van der Waals surface area contributed by atoms with Crippen LogP contribution in [0.5, 0.6) is 0 Å². The predicted octanol–water partition coefficient (Wildman–Crippen LogP) is 1.83. The van der Waals surface area contributed by atoms with Crippen molar-refractivity contribution < 1.29 is 4.39 Å². The van der Waals surface area contributed by atoms with Crippen LogP contribution in [0.2, 0.25) is 0 Å². The third kappa shape index (κ3) is 0.769. The van der Waals surface area contributed by atoms with Gasteiger partial charge in [0.25, 0.3) is 0 Å². The van der Waals surface area contributed by atoms with E-state index >= 15 is 0 Å². The van der Waals surface area contributed by atoms with E-state index in [1.807, 2.05) is 0 Å². The maximum absolute atomic E-state index is 12.4. The van der Waals surface area contributed by atoms with Crippen molar-refractivity contribution >= 4 is 21.7 Å². The molecule has 0 fully saturated rings. The van der Waals surface area contributed by atoms with Crippen LogP contribution in [0.15, 0.2) is 17.8 Å². The van der Waals surface area contributed by atoms with Crippen molar-refractivity contribution in [1.82, 2.24) is 9.97 Å². The van der Waals surface area contributed by atoms with Gasteiger partial charge in [-0.05, 0) is 6.07 Å². The van der Waals surface area contributed by atoms with Gasteiger partial charge in [0.1, 0.15) is 5.82 Å². The molecule has 2 nitrogen and oxygen atoms in total. The minimum atomic E-state index is -0.309. The van der Waals surface area contributed by atoms with Gasteiger partial charge in [-0.3, -0.25) is 0 Å². The van der Waals surface area contributed by atoms with Crippen molar-refractivity contribution in [2.75, 3.05) is 0 Å². The van der Waals surface area contributed by atoms with E-state index in [0.717, 1.165) is 4.70 Å². The number of nitrogens with zero attached hydrogens (tertiary/aromatic N) is 2. The van der Waals surface area contributed by atoms with E-state index in [0.29, 0.717) is 5.65 Å². The van der Waals surface area contributed by atoms with Gasteiger partial charge < -0.3 is 0 Å². The van der Waals surface area contributed by atoms with E-state index in [1.165, 1.54) is 23.6 Å². The molecule has 2 rings (SSSR count). The zero-order valence-electron chi connectivity index (χ0n) is 4.91. The molecule has 0 unspecified atom stereocenters. The smallest absolute Gasteiger partial charge is 0.170 e. The first-order valence-corrected chi connectivity index (χ1v) is 3.59. The van der Waals surface area contributed by atoms with Gasteiger partial charge in [-0.2, -0.15) is 0 Å². The molecule has 0 aliphatic rings. The lowest BCUT2D eigenvalue weighted by molar-refractivity contribution is 0.624. The summed E-state index contributed by atoms with van der Waals surface area (Å²) in [5.41, 5.74) is 2.27. The molecule has 2 aromatic heterocycles. The molecule has 10 heavy (non-hydrogen) atoms. The highest BCUT2D eigenvalue weighted by molar-refractivity contribution is 7.16. The summed E-state index contributed by atoms with van der Waals surface area (Å²) in [6.45, 7) is 0. The Morgan fingerprint density at radius 1 is 1.40 bits per heavy atom. The third-order valence-electron chi connectivity index (χ3n) is 1.15. The summed E-state index contributed by atoms with van der Waals surface area (Å²) >= 11 is 1.39. The molecule has 0 N–H and O–H groups in total. The zero-order chi connectivity index (χ0) is 6.97. The Labute approximate surface area is 60.4 Å². The first-order chi connectivity index (χ1) is 4.86. The Morgan fingerprint density at radius 3 is 3.20 bits per heavy atom. The second-order valence-corrected chi connectivity index (χ2v) is 2.71. The lowest BCUT2D eigenvalue weighted by Crippen LogP contribution is -1.77. The topological polar surface area (TPSA) is 25.8 Å². The van der Waals surface area contributed by atoms with Gasteiger partial charge in [0.2, 0.25) is 0 Å². The Kier molecular flexibility index (Phi) is 1.14. The van der Waals surface area contributed by atoms with Crippen LogP contribution in [-0.4, -0.2) is 9.97 Å². The molecule has 0 saturated heterocycles. The largest absolute Gasteiger partial charge is 0.233 e. The average molecular weight is 154 g/mol. The summed E-state index contributed by atoms with van der Waals surface area (Å²) in [5.74, 6) is -0.309. The molecule has 4 heteroatoms. The van der Waals surface area contributed by atoms with E-state index in [9.17, 15) is 4.39 Å². The molecule has 0 spiro atoms. The van der Waals surface area contributed by atoms with E-state index in [-0.39, 0.29) is 5.82 Å². The third-order valence-corrected chi connectivity index (χ3v) is 1.92. The van der Waals surface area contributed by atoms with Crippen LogP contribution in [0.25, 0.3) is 10.3 Å². The fourth-order valence-corrected chi connectivity index (χ4v) is 1.39. The van der Waals surface area contributed by atoms with Crippen LogP contribution < -0.4 is 0 Å². The number of pyridine rings is 1. The Hall–Kier alpha value is -1.03. The molecule has 0 aliphatic carbocycles. The molecule has 2 aromatic rings. The van der Waals surface area contributed by atoms with Gasteiger partial charge in [0.15, 0.2) is 5.65 Å². The molecule has 0 bridgehead atoms. The molecular weight excluding hydrogens is 151 g/mol. The molecule has 0 aliphatic heterocycles. The monoisotopic (exact) mass is 154 g/mol. The van der Waals surface area contributed by atoms with Crippen LogP contribution in [-0.2, 0) is 0 Å². The molecule has 2 heterocycles. The van der Waals surface area contributed by atoms with Crippen LogP contribution in [0.3, 0.4) is 0 Å². The zero-order valence-corrected chi connectivity index (χ0v) is 5.73. The number of aromatic nitrogens is 2. The van der Waals surface area contributed by atoms with Gasteiger partial charge in [-0.25, -0.2) is 14.4 Å². The highest BCUT2D eigenvalue weighted by Crippen LogP contribution is 2.15. The van der Waals surface area contributed by atoms with Gasteiger partial charge >= 0.3 is 0 Å². The normalized spacial score (nSPS) is 10.5. The number of hydrogen-bond acceptors (Lipinski definition) is 3. The number of thiazole rings is 1. The number of fused-ring (bicyclic) bond motifs is 1. The minimum Gasteiger partial charge on any atom is -0.233 e. The highest BCUT2D eigenvalue weighted by atomic mass is 32.1. The molecular formula is C6H3FN2S.